The van der Waals surface area contributed by atoms with Gasteiger partial charge >= 0.3 is 5.97 Å². The molecule has 0 amide bonds. The number of hydrogen-bond donors (Lipinski definition) is 1. The van der Waals surface area contributed by atoms with Crippen molar-refractivity contribution >= 4 is 5.97 Å². The van der Waals surface area contributed by atoms with E-state index in [0.717, 1.165) is 18.5 Å². The third-order valence-electron chi connectivity index (χ3n) is 3.51. The lowest BCUT2D eigenvalue weighted by Crippen LogP contribution is -2.06. The highest BCUT2D eigenvalue weighted by Gasteiger charge is 2.15. The van der Waals surface area contributed by atoms with Gasteiger partial charge in [-0.2, -0.15) is 5.10 Å². The fourth-order valence-electron chi connectivity index (χ4n) is 2.45. The largest absolute Gasteiger partial charge is 0.478 e. The molecule has 3 rings (SSSR count). The van der Waals surface area contributed by atoms with E-state index in [9.17, 15) is 9.90 Å². The van der Waals surface area contributed by atoms with Crippen LogP contribution in [-0.2, 0) is 20.0 Å². The van der Waals surface area contributed by atoms with Gasteiger partial charge in [0.15, 0.2) is 0 Å². The fourth-order valence-corrected chi connectivity index (χ4v) is 2.45. The maximum absolute atomic E-state index is 11.4. The van der Waals surface area contributed by atoms with E-state index < -0.39 is 5.97 Å². The standard InChI is InChI=1S/C16H16N4O2/c1-19-11-12(10-18-19)6-8-20-9-7-17-15(20)13-4-2-3-5-14(13)16(21)22/h2-5,7,9-11H,6,8H2,1H3,(H,21,22). The van der Waals surface area contributed by atoms with Crippen molar-refractivity contribution in [2.24, 2.45) is 7.05 Å². The van der Waals surface area contributed by atoms with E-state index in [1.165, 1.54) is 0 Å². The first-order valence-corrected chi connectivity index (χ1v) is 6.96. The molecule has 1 N–H and O–H groups in total. The number of imidazole rings is 1. The molecule has 0 fully saturated rings. The first-order valence-electron chi connectivity index (χ1n) is 6.96. The number of rotatable bonds is 5. The van der Waals surface area contributed by atoms with Gasteiger partial charge in [-0.1, -0.05) is 18.2 Å². The molecule has 2 aromatic heterocycles. The second-order valence-electron chi connectivity index (χ2n) is 5.07. The predicted octanol–water partition coefficient (Wildman–Crippen LogP) is 2.22. The van der Waals surface area contributed by atoms with Crippen molar-refractivity contribution < 1.29 is 9.90 Å². The zero-order valence-corrected chi connectivity index (χ0v) is 12.2. The Morgan fingerprint density at radius 3 is 2.86 bits per heavy atom. The quantitative estimate of drug-likeness (QED) is 0.783. The molecule has 0 saturated heterocycles. The van der Waals surface area contributed by atoms with Crippen LogP contribution in [-0.4, -0.2) is 30.4 Å². The van der Waals surface area contributed by atoms with E-state index >= 15 is 0 Å². The van der Waals surface area contributed by atoms with E-state index in [-0.39, 0.29) is 5.56 Å². The van der Waals surface area contributed by atoms with Gasteiger partial charge in [0.1, 0.15) is 5.82 Å². The second-order valence-corrected chi connectivity index (χ2v) is 5.07. The molecule has 6 heteroatoms. The van der Waals surface area contributed by atoms with Gasteiger partial charge in [0.05, 0.1) is 11.8 Å². The van der Waals surface area contributed by atoms with Crippen LogP contribution in [0.25, 0.3) is 11.4 Å². The van der Waals surface area contributed by atoms with E-state index in [4.69, 9.17) is 0 Å². The first-order chi connectivity index (χ1) is 10.6. The van der Waals surface area contributed by atoms with E-state index in [2.05, 4.69) is 10.1 Å². The second kappa shape index (κ2) is 5.85. The molecule has 0 atom stereocenters. The van der Waals surface area contributed by atoms with E-state index in [0.29, 0.717) is 11.4 Å². The van der Waals surface area contributed by atoms with Gasteiger partial charge in [-0.15, -0.1) is 0 Å². The van der Waals surface area contributed by atoms with Crippen LogP contribution in [0.5, 0.6) is 0 Å². The van der Waals surface area contributed by atoms with Crippen LogP contribution in [0.1, 0.15) is 15.9 Å². The summed E-state index contributed by atoms with van der Waals surface area (Å²) in [4.78, 5) is 15.7. The maximum atomic E-state index is 11.4. The van der Waals surface area contributed by atoms with Crippen LogP contribution in [0.15, 0.2) is 49.1 Å². The summed E-state index contributed by atoms with van der Waals surface area (Å²) in [5.74, 6) is -0.278. The van der Waals surface area contributed by atoms with Gasteiger partial charge in [0.2, 0.25) is 0 Å². The molecule has 0 spiro atoms. The molecule has 0 unspecified atom stereocenters. The molecule has 2 heterocycles. The number of aromatic carboxylic acids is 1. The van der Waals surface area contributed by atoms with Crippen molar-refractivity contribution in [2.75, 3.05) is 0 Å². The maximum Gasteiger partial charge on any atom is 0.336 e. The molecule has 0 aliphatic rings. The minimum Gasteiger partial charge on any atom is -0.478 e. The average molecular weight is 296 g/mol. The average Bonchev–Trinajstić information content (AvgIpc) is 3.13. The normalized spacial score (nSPS) is 10.8. The summed E-state index contributed by atoms with van der Waals surface area (Å²) in [6.07, 6.45) is 8.18. The Kier molecular flexibility index (Phi) is 3.74. The van der Waals surface area contributed by atoms with Gasteiger partial charge in [-0.05, 0) is 18.1 Å². The minimum atomic E-state index is -0.947. The van der Waals surface area contributed by atoms with Crippen molar-refractivity contribution in [1.82, 2.24) is 19.3 Å². The lowest BCUT2D eigenvalue weighted by Gasteiger charge is -2.09. The SMILES string of the molecule is Cn1cc(CCn2ccnc2-c2ccccc2C(=O)O)cn1. The van der Waals surface area contributed by atoms with Crippen molar-refractivity contribution in [1.29, 1.82) is 0 Å². The first kappa shape index (κ1) is 14.1. The third kappa shape index (κ3) is 2.76. The minimum absolute atomic E-state index is 0.260. The topological polar surface area (TPSA) is 72.9 Å². The number of benzene rings is 1. The number of aryl methyl sites for hydroxylation is 3. The summed E-state index contributed by atoms with van der Waals surface area (Å²) in [6, 6.07) is 6.92. The summed E-state index contributed by atoms with van der Waals surface area (Å²) < 4.78 is 3.73. The van der Waals surface area contributed by atoms with Crippen LogP contribution in [0, 0.1) is 0 Å². The highest BCUT2D eigenvalue weighted by atomic mass is 16.4. The molecule has 0 saturated carbocycles. The lowest BCUT2D eigenvalue weighted by atomic mass is 10.1. The molecule has 0 radical (unpaired) electrons. The van der Waals surface area contributed by atoms with Crippen LogP contribution < -0.4 is 0 Å². The number of carboxylic acids is 1. The molecular weight excluding hydrogens is 280 g/mol. The number of aromatic nitrogens is 4. The van der Waals surface area contributed by atoms with Gasteiger partial charge in [0.25, 0.3) is 0 Å². The molecule has 112 valence electrons. The van der Waals surface area contributed by atoms with Gasteiger partial charge in [-0.3, -0.25) is 4.68 Å². The Morgan fingerprint density at radius 1 is 1.32 bits per heavy atom. The molecule has 0 aliphatic carbocycles. The number of hydrogen-bond acceptors (Lipinski definition) is 3. The van der Waals surface area contributed by atoms with Gasteiger partial charge < -0.3 is 9.67 Å². The zero-order valence-electron chi connectivity index (χ0n) is 12.2. The molecular formula is C16H16N4O2. The monoisotopic (exact) mass is 296 g/mol. The molecule has 22 heavy (non-hydrogen) atoms. The summed E-state index contributed by atoms with van der Waals surface area (Å²) >= 11 is 0. The van der Waals surface area contributed by atoms with E-state index in [1.807, 2.05) is 36.3 Å². The lowest BCUT2D eigenvalue weighted by molar-refractivity contribution is 0.0697. The third-order valence-corrected chi connectivity index (χ3v) is 3.51. The smallest absolute Gasteiger partial charge is 0.336 e. The van der Waals surface area contributed by atoms with E-state index in [1.54, 1.807) is 29.1 Å². The molecule has 6 nitrogen and oxygen atoms in total. The number of carbonyl (C=O) groups is 1. The summed E-state index contributed by atoms with van der Waals surface area (Å²) in [5, 5.41) is 13.5. The highest BCUT2D eigenvalue weighted by molar-refractivity contribution is 5.95. The van der Waals surface area contributed by atoms with Gasteiger partial charge in [-0.25, -0.2) is 9.78 Å². The molecule has 0 aliphatic heterocycles. The van der Waals surface area contributed by atoms with Crippen molar-refractivity contribution in [3.63, 3.8) is 0 Å². The summed E-state index contributed by atoms with van der Waals surface area (Å²) in [6.45, 7) is 0.717. The number of carboxylic acid groups (broad SMARTS) is 1. The zero-order chi connectivity index (χ0) is 15.5. The predicted molar refractivity (Wildman–Crippen MR) is 81.5 cm³/mol. The fraction of sp³-hybridized carbons (Fsp3) is 0.188. The Labute approximate surface area is 127 Å². The Hall–Kier alpha value is -2.89. The Bertz CT molecular complexity index is 804. The Morgan fingerprint density at radius 2 is 2.14 bits per heavy atom. The van der Waals surface area contributed by atoms with Crippen LogP contribution in [0.3, 0.4) is 0 Å². The molecule has 1 aromatic carbocycles. The summed E-state index contributed by atoms with van der Waals surface area (Å²) in [7, 11) is 1.88. The van der Waals surface area contributed by atoms with Gasteiger partial charge in [0, 0.05) is 37.7 Å². The summed E-state index contributed by atoms with van der Waals surface area (Å²) in [5.41, 5.74) is 2.02. The van der Waals surface area contributed by atoms with Crippen LogP contribution in [0.4, 0.5) is 0 Å². The highest BCUT2D eigenvalue weighted by Crippen LogP contribution is 2.22. The van der Waals surface area contributed by atoms with Crippen LogP contribution in [0.2, 0.25) is 0 Å². The molecule has 3 aromatic rings. The number of nitrogens with zero attached hydrogens (tertiary/aromatic N) is 4. The Balaban J connectivity index is 1.88. The molecule has 0 bridgehead atoms. The van der Waals surface area contributed by atoms with Crippen molar-refractivity contribution in [3.05, 3.63) is 60.2 Å². The van der Waals surface area contributed by atoms with Crippen molar-refractivity contribution in [3.8, 4) is 11.4 Å². The van der Waals surface area contributed by atoms with Crippen molar-refractivity contribution in [2.45, 2.75) is 13.0 Å². The van der Waals surface area contributed by atoms with Crippen LogP contribution >= 0.6 is 0 Å².